The summed E-state index contributed by atoms with van der Waals surface area (Å²) >= 11 is 0. The third-order valence-corrected chi connectivity index (χ3v) is 4.50. The van der Waals surface area contributed by atoms with E-state index in [9.17, 15) is 12.8 Å². The number of hydrogen-bond donors (Lipinski definition) is 1. The van der Waals surface area contributed by atoms with E-state index in [2.05, 4.69) is 16.9 Å². The maximum absolute atomic E-state index is 12.7. The Hall–Kier alpha value is -1.20. The van der Waals surface area contributed by atoms with Crippen molar-refractivity contribution in [1.82, 2.24) is 4.72 Å². The largest absolute Gasteiger partial charge is 0.240 e. The van der Waals surface area contributed by atoms with Gasteiger partial charge in [0.15, 0.2) is 0 Å². The number of halogens is 1. The molecular formula is C13H16FNO2S. The van der Waals surface area contributed by atoms with E-state index in [1.807, 2.05) is 0 Å². The Balaban J connectivity index is 1.99. The van der Waals surface area contributed by atoms with Gasteiger partial charge in [-0.1, -0.05) is 12.2 Å². The summed E-state index contributed by atoms with van der Waals surface area (Å²) in [5, 5.41) is 0. The summed E-state index contributed by atoms with van der Waals surface area (Å²) in [5.74, 6) is -0.0865. The van der Waals surface area contributed by atoms with Crippen molar-refractivity contribution in [2.24, 2.45) is 5.92 Å². The highest BCUT2D eigenvalue weighted by Crippen LogP contribution is 2.18. The fraction of sp³-hybridized carbons (Fsp3) is 0.385. The maximum atomic E-state index is 12.7. The molecule has 0 amide bonds. The minimum absolute atomic E-state index is 0.107. The molecule has 0 aromatic heterocycles. The first-order valence-corrected chi connectivity index (χ1v) is 7.46. The van der Waals surface area contributed by atoms with Crippen molar-refractivity contribution in [1.29, 1.82) is 0 Å². The van der Waals surface area contributed by atoms with Crippen molar-refractivity contribution in [3.8, 4) is 0 Å². The molecule has 98 valence electrons. The van der Waals surface area contributed by atoms with Crippen molar-refractivity contribution in [2.45, 2.75) is 24.2 Å². The zero-order valence-electron chi connectivity index (χ0n) is 9.97. The Morgan fingerprint density at radius 1 is 1.22 bits per heavy atom. The van der Waals surface area contributed by atoms with Crippen molar-refractivity contribution < 1.29 is 12.8 Å². The molecule has 0 saturated carbocycles. The molecule has 0 saturated heterocycles. The molecule has 1 aromatic rings. The highest BCUT2D eigenvalue weighted by atomic mass is 32.2. The number of rotatable bonds is 4. The topological polar surface area (TPSA) is 46.2 Å². The van der Waals surface area contributed by atoms with E-state index < -0.39 is 15.8 Å². The number of nitrogens with one attached hydrogen (secondary N) is 1. The summed E-state index contributed by atoms with van der Waals surface area (Å²) in [4.78, 5) is 0.107. The third-order valence-electron chi connectivity index (χ3n) is 3.06. The molecule has 5 heteroatoms. The zero-order valence-corrected chi connectivity index (χ0v) is 10.8. The van der Waals surface area contributed by atoms with Crippen LogP contribution < -0.4 is 4.72 Å². The molecule has 0 aliphatic heterocycles. The second kappa shape index (κ2) is 5.63. The molecule has 0 fully saturated rings. The molecule has 1 atom stereocenters. The lowest BCUT2D eigenvalue weighted by atomic mass is 9.95. The van der Waals surface area contributed by atoms with Crippen LogP contribution in [0, 0.1) is 11.7 Å². The van der Waals surface area contributed by atoms with E-state index >= 15 is 0 Å². The van der Waals surface area contributed by atoms with Crippen molar-refractivity contribution in [3.63, 3.8) is 0 Å². The van der Waals surface area contributed by atoms with Gasteiger partial charge >= 0.3 is 0 Å². The normalized spacial score (nSPS) is 19.9. The van der Waals surface area contributed by atoms with Gasteiger partial charge in [-0.3, -0.25) is 0 Å². The van der Waals surface area contributed by atoms with Gasteiger partial charge in [0, 0.05) is 6.54 Å². The monoisotopic (exact) mass is 269 g/mol. The Kier molecular flexibility index (Phi) is 4.14. The first kappa shape index (κ1) is 13.2. The fourth-order valence-electron chi connectivity index (χ4n) is 1.97. The van der Waals surface area contributed by atoms with E-state index in [-0.39, 0.29) is 4.90 Å². The molecular weight excluding hydrogens is 253 g/mol. The minimum atomic E-state index is -3.52. The van der Waals surface area contributed by atoms with Crippen LogP contribution in [0.15, 0.2) is 41.3 Å². The van der Waals surface area contributed by atoms with Crippen LogP contribution in [0.25, 0.3) is 0 Å². The Morgan fingerprint density at radius 2 is 1.94 bits per heavy atom. The minimum Gasteiger partial charge on any atom is -0.211 e. The molecule has 1 aliphatic rings. The molecule has 1 unspecified atom stereocenters. The van der Waals surface area contributed by atoms with Gasteiger partial charge in [0.05, 0.1) is 4.90 Å². The van der Waals surface area contributed by atoms with Crippen LogP contribution in [0.1, 0.15) is 19.3 Å². The van der Waals surface area contributed by atoms with E-state index in [1.165, 1.54) is 12.1 Å². The standard InChI is InChI=1S/C13H16FNO2S/c14-12-6-8-13(9-7-12)18(16,17)15-10-11-4-2-1-3-5-11/h1-2,6-9,11,15H,3-5,10H2. The summed E-state index contributed by atoms with van der Waals surface area (Å²) in [6.45, 7) is 0.435. The highest BCUT2D eigenvalue weighted by molar-refractivity contribution is 7.89. The number of benzene rings is 1. The number of sulfonamides is 1. The second-order valence-corrected chi connectivity index (χ2v) is 6.22. The summed E-state index contributed by atoms with van der Waals surface area (Å²) in [7, 11) is -3.52. The lowest BCUT2D eigenvalue weighted by Crippen LogP contribution is -2.29. The van der Waals surface area contributed by atoms with Gasteiger partial charge < -0.3 is 0 Å². The molecule has 1 aliphatic carbocycles. The predicted molar refractivity (Wildman–Crippen MR) is 68.1 cm³/mol. The fourth-order valence-corrected chi connectivity index (χ4v) is 3.08. The Labute approximate surface area is 107 Å². The Bertz CT molecular complexity index is 522. The first-order valence-electron chi connectivity index (χ1n) is 5.98. The van der Waals surface area contributed by atoms with Gasteiger partial charge in [-0.05, 0) is 49.4 Å². The van der Waals surface area contributed by atoms with E-state index in [0.717, 1.165) is 31.4 Å². The third kappa shape index (κ3) is 3.40. The smallest absolute Gasteiger partial charge is 0.211 e. The van der Waals surface area contributed by atoms with Gasteiger partial charge in [-0.15, -0.1) is 0 Å². The zero-order chi connectivity index (χ0) is 13.0. The van der Waals surface area contributed by atoms with Crippen LogP contribution in [0.3, 0.4) is 0 Å². The van der Waals surface area contributed by atoms with Crippen molar-refractivity contribution in [3.05, 3.63) is 42.2 Å². The molecule has 0 spiro atoms. The summed E-state index contributed by atoms with van der Waals surface area (Å²) in [6.07, 6.45) is 7.11. The number of allylic oxidation sites excluding steroid dienone is 2. The second-order valence-electron chi connectivity index (χ2n) is 4.46. The van der Waals surface area contributed by atoms with Crippen LogP contribution in [-0.4, -0.2) is 15.0 Å². The SMILES string of the molecule is O=S(=O)(NCC1CC=CCC1)c1ccc(F)cc1. The molecule has 3 nitrogen and oxygen atoms in total. The lowest BCUT2D eigenvalue weighted by Gasteiger charge is -2.18. The van der Waals surface area contributed by atoms with Gasteiger partial charge in [0.2, 0.25) is 10.0 Å². The molecule has 1 N–H and O–H groups in total. The summed E-state index contributed by atoms with van der Waals surface area (Å²) in [6, 6.07) is 4.85. The van der Waals surface area contributed by atoms with E-state index in [0.29, 0.717) is 12.5 Å². The van der Waals surface area contributed by atoms with Crippen LogP contribution in [-0.2, 0) is 10.0 Å². The predicted octanol–water partition coefficient (Wildman–Crippen LogP) is 2.46. The van der Waals surface area contributed by atoms with Crippen LogP contribution >= 0.6 is 0 Å². The van der Waals surface area contributed by atoms with E-state index in [4.69, 9.17) is 0 Å². The lowest BCUT2D eigenvalue weighted by molar-refractivity contribution is 0.468. The van der Waals surface area contributed by atoms with Gasteiger partial charge in [-0.2, -0.15) is 0 Å². The Morgan fingerprint density at radius 3 is 2.56 bits per heavy atom. The van der Waals surface area contributed by atoms with Crippen molar-refractivity contribution >= 4 is 10.0 Å². The molecule has 1 aromatic carbocycles. The summed E-state index contributed by atoms with van der Waals surface area (Å²) in [5.41, 5.74) is 0. The van der Waals surface area contributed by atoms with Crippen LogP contribution in [0.2, 0.25) is 0 Å². The van der Waals surface area contributed by atoms with Gasteiger partial charge in [-0.25, -0.2) is 17.5 Å². The van der Waals surface area contributed by atoms with Crippen molar-refractivity contribution in [2.75, 3.05) is 6.54 Å². The molecule has 18 heavy (non-hydrogen) atoms. The van der Waals surface area contributed by atoms with E-state index in [1.54, 1.807) is 0 Å². The van der Waals surface area contributed by atoms with Gasteiger partial charge in [0.25, 0.3) is 0 Å². The quantitative estimate of drug-likeness (QED) is 0.853. The molecule has 2 rings (SSSR count). The summed E-state index contributed by atoms with van der Waals surface area (Å²) < 4.78 is 39.2. The van der Waals surface area contributed by atoms with Crippen LogP contribution in [0.5, 0.6) is 0 Å². The average Bonchev–Trinajstić information content (AvgIpc) is 2.38. The maximum Gasteiger partial charge on any atom is 0.240 e. The molecule has 0 bridgehead atoms. The first-order chi connectivity index (χ1) is 8.58. The number of hydrogen-bond acceptors (Lipinski definition) is 2. The molecule has 0 heterocycles. The van der Waals surface area contributed by atoms with Crippen LogP contribution in [0.4, 0.5) is 4.39 Å². The average molecular weight is 269 g/mol. The molecule has 0 radical (unpaired) electrons. The highest BCUT2D eigenvalue weighted by Gasteiger charge is 2.17. The van der Waals surface area contributed by atoms with Gasteiger partial charge in [0.1, 0.15) is 5.82 Å².